The van der Waals surface area contributed by atoms with Crippen LogP contribution < -0.4 is 0 Å². The van der Waals surface area contributed by atoms with Gasteiger partial charge in [-0.25, -0.2) is 4.98 Å². The van der Waals surface area contributed by atoms with E-state index >= 15 is 0 Å². The van der Waals surface area contributed by atoms with E-state index in [1.165, 1.54) is 6.26 Å². The summed E-state index contributed by atoms with van der Waals surface area (Å²) in [5.74, 6) is 0.573. The van der Waals surface area contributed by atoms with Crippen molar-refractivity contribution < 1.29 is 18.5 Å². The van der Waals surface area contributed by atoms with E-state index in [0.29, 0.717) is 23.0 Å². The zero-order valence-electron chi connectivity index (χ0n) is 15.0. The molecule has 0 radical (unpaired) electrons. The Labute approximate surface area is 160 Å². The van der Waals surface area contributed by atoms with E-state index in [0.717, 1.165) is 5.56 Å². The number of rotatable bonds is 6. The van der Waals surface area contributed by atoms with Crippen LogP contribution in [0.25, 0.3) is 22.8 Å². The summed E-state index contributed by atoms with van der Waals surface area (Å²) in [6.45, 7) is 1.66. The molecule has 4 aromatic rings. The first-order valence-corrected chi connectivity index (χ1v) is 8.62. The van der Waals surface area contributed by atoms with Gasteiger partial charge < -0.3 is 13.7 Å². The second-order valence-corrected chi connectivity index (χ2v) is 6.02. The van der Waals surface area contributed by atoms with Gasteiger partial charge in [-0.05, 0) is 31.2 Å². The van der Waals surface area contributed by atoms with E-state index in [1.54, 1.807) is 25.4 Å². The highest BCUT2D eigenvalue weighted by atomic mass is 16.6. The molecular formula is C20H16N4O4. The van der Waals surface area contributed by atoms with E-state index < -0.39 is 12.1 Å². The predicted molar refractivity (Wildman–Crippen MR) is 97.7 cm³/mol. The molecule has 3 heterocycles. The van der Waals surface area contributed by atoms with Gasteiger partial charge in [-0.1, -0.05) is 23.4 Å². The lowest BCUT2D eigenvalue weighted by Crippen LogP contribution is -2.12. The maximum atomic E-state index is 12.2. The lowest BCUT2D eigenvalue weighted by atomic mass is 10.2. The third-order valence-corrected chi connectivity index (χ3v) is 3.92. The molecule has 1 atom stereocenters. The Hall–Kier alpha value is -3.81. The van der Waals surface area contributed by atoms with Crippen molar-refractivity contribution in [3.8, 4) is 22.8 Å². The van der Waals surface area contributed by atoms with Crippen molar-refractivity contribution in [1.29, 1.82) is 0 Å². The van der Waals surface area contributed by atoms with Crippen molar-refractivity contribution in [3.05, 3.63) is 72.7 Å². The van der Waals surface area contributed by atoms with Crippen molar-refractivity contribution in [2.24, 2.45) is 0 Å². The monoisotopic (exact) mass is 376 g/mol. The molecule has 0 aliphatic rings. The van der Waals surface area contributed by atoms with Crippen LogP contribution in [0.1, 0.15) is 24.6 Å². The maximum Gasteiger partial charge on any atom is 0.312 e. The third kappa shape index (κ3) is 3.96. The Bertz CT molecular complexity index is 1060. The molecule has 1 unspecified atom stereocenters. The van der Waals surface area contributed by atoms with Crippen LogP contribution in [0.2, 0.25) is 0 Å². The van der Waals surface area contributed by atoms with Gasteiger partial charge in [-0.2, -0.15) is 4.98 Å². The molecule has 3 aromatic heterocycles. The van der Waals surface area contributed by atoms with Gasteiger partial charge in [0.15, 0.2) is 6.10 Å². The molecule has 4 rings (SSSR count). The number of carbonyl (C=O) groups excluding carboxylic acids is 1. The number of nitrogens with zero attached hydrogens (tertiary/aromatic N) is 4. The standard InChI is InChI=1S/C20H16N4O4/c1-13(19-23-18(24-28-19)15-8-5-9-21-11-15)27-17(25)10-16-12-26-20(22-16)14-6-3-2-4-7-14/h2-9,11-13H,10H2,1H3. The van der Waals surface area contributed by atoms with Crippen molar-refractivity contribution in [2.45, 2.75) is 19.4 Å². The third-order valence-electron chi connectivity index (χ3n) is 3.92. The molecule has 0 fully saturated rings. The number of hydrogen-bond donors (Lipinski definition) is 0. The van der Waals surface area contributed by atoms with Gasteiger partial charge in [0.1, 0.15) is 6.26 Å². The van der Waals surface area contributed by atoms with Crippen LogP contribution >= 0.6 is 0 Å². The Morgan fingerprint density at radius 3 is 2.71 bits per heavy atom. The van der Waals surface area contributed by atoms with Crippen LogP contribution in [-0.4, -0.2) is 26.1 Å². The molecular weight excluding hydrogens is 360 g/mol. The van der Waals surface area contributed by atoms with Crippen LogP contribution in [0, 0.1) is 0 Å². The molecule has 28 heavy (non-hydrogen) atoms. The van der Waals surface area contributed by atoms with Gasteiger partial charge in [0, 0.05) is 23.5 Å². The van der Waals surface area contributed by atoms with Gasteiger partial charge >= 0.3 is 5.97 Å². The van der Waals surface area contributed by atoms with Crippen molar-refractivity contribution in [1.82, 2.24) is 20.1 Å². The van der Waals surface area contributed by atoms with Gasteiger partial charge in [-0.15, -0.1) is 0 Å². The Morgan fingerprint density at radius 1 is 1.11 bits per heavy atom. The minimum absolute atomic E-state index is 0.0235. The number of carbonyl (C=O) groups is 1. The smallest absolute Gasteiger partial charge is 0.312 e. The quantitative estimate of drug-likeness (QED) is 0.470. The molecule has 0 bridgehead atoms. The SMILES string of the molecule is CC(OC(=O)Cc1coc(-c2ccccc2)n1)c1nc(-c2cccnc2)no1. The van der Waals surface area contributed by atoms with Crippen LogP contribution in [0.5, 0.6) is 0 Å². The average molecular weight is 376 g/mol. The molecule has 0 amide bonds. The number of oxazole rings is 1. The fourth-order valence-electron chi connectivity index (χ4n) is 2.55. The second-order valence-electron chi connectivity index (χ2n) is 6.02. The zero-order chi connectivity index (χ0) is 19.3. The summed E-state index contributed by atoms with van der Waals surface area (Å²) < 4.78 is 16.0. The Morgan fingerprint density at radius 2 is 1.93 bits per heavy atom. The van der Waals surface area contributed by atoms with Gasteiger partial charge in [0.2, 0.25) is 11.7 Å². The zero-order valence-corrected chi connectivity index (χ0v) is 15.0. The van der Waals surface area contributed by atoms with E-state index in [2.05, 4.69) is 20.1 Å². The van der Waals surface area contributed by atoms with Gasteiger partial charge in [0.05, 0.1) is 12.1 Å². The van der Waals surface area contributed by atoms with Crippen LogP contribution in [-0.2, 0) is 16.0 Å². The predicted octanol–water partition coefficient (Wildman–Crippen LogP) is 3.63. The van der Waals surface area contributed by atoms with Gasteiger partial charge in [0.25, 0.3) is 5.89 Å². The van der Waals surface area contributed by atoms with Crippen LogP contribution in [0.15, 0.2) is 70.1 Å². The first kappa shape index (κ1) is 17.6. The summed E-state index contributed by atoms with van der Waals surface area (Å²) in [7, 11) is 0. The van der Waals surface area contributed by atoms with Crippen LogP contribution in [0.4, 0.5) is 0 Å². The van der Waals surface area contributed by atoms with E-state index in [9.17, 15) is 4.79 Å². The Balaban J connectivity index is 1.38. The molecule has 8 nitrogen and oxygen atoms in total. The lowest BCUT2D eigenvalue weighted by molar-refractivity contribution is -0.149. The largest absolute Gasteiger partial charge is 0.452 e. The topological polar surface area (TPSA) is 104 Å². The fourth-order valence-corrected chi connectivity index (χ4v) is 2.55. The van der Waals surface area contributed by atoms with Gasteiger partial charge in [-0.3, -0.25) is 9.78 Å². The molecule has 0 spiro atoms. The number of aromatic nitrogens is 4. The summed E-state index contributed by atoms with van der Waals surface area (Å²) in [6.07, 6.45) is 4.01. The van der Waals surface area contributed by atoms with Crippen LogP contribution in [0.3, 0.4) is 0 Å². The highest BCUT2D eigenvalue weighted by molar-refractivity contribution is 5.72. The highest BCUT2D eigenvalue weighted by Gasteiger charge is 2.20. The van der Waals surface area contributed by atoms with Crippen molar-refractivity contribution >= 4 is 5.97 Å². The normalized spacial score (nSPS) is 11.9. The summed E-state index contributed by atoms with van der Waals surface area (Å²) in [5, 5.41) is 3.89. The molecule has 0 saturated heterocycles. The molecule has 0 N–H and O–H groups in total. The van der Waals surface area contributed by atoms with E-state index in [4.69, 9.17) is 13.7 Å². The minimum Gasteiger partial charge on any atom is -0.452 e. The summed E-state index contributed by atoms with van der Waals surface area (Å²) in [4.78, 5) is 24.8. The van der Waals surface area contributed by atoms with Crippen molar-refractivity contribution in [3.63, 3.8) is 0 Å². The molecule has 0 aliphatic carbocycles. The maximum absolute atomic E-state index is 12.2. The Kier molecular flexibility index (Phi) is 4.92. The molecule has 8 heteroatoms. The highest BCUT2D eigenvalue weighted by Crippen LogP contribution is 2.21. The number of pyridine rings is 1. The molecule has 140 valence electrons. The number of benzene rings is 1. The molecule has 0 saturated carbocycles. The average Bonchev–Trinajstić information content (AvgIpc) is 3.39. The number of esters is 1. The minimum atomic E-state index is -0.689. The molecule has 1 aromatic carbocycles. The summed E-state index contributed by atoms with van der Waals surface area (Å²) in [6, 6.07) is 13.0. The van der Waals surface area contributed by atoms with E-state index in [1.807, 2.05) is 36.4 Å². The summed E-state index contributed by atoms with van der Waals surface area (Å²) in [5.41, 5.74) is 2.04. The first-order valence-electron chi connectivity index (χ1n) is 8.62. The number of ether oxygens (including phenoxy) is 1. The lowest BCUT2D eigenvalue weighted by Gasteiger charge is -2.07. The van der Waals surface area contributed by atoms with Crippen molar-refractivity contribution in [2.75, 3.05) is 0 Å². The summed E-state index contributed by atoms with van der Waals surface area (Å²) >= 11 is 0. The first-order chi connectivity index (χ1) is 13.7. The van der Waals surface area contributed by atoms with E-state index in [-0.39, 0.29) is 12.3 Å². The second kappa shape index (κ2) is 7.83. The fraction of sp³-hybridized carbons (Fsp3) is 0.150. The number of hydrogen-bond acceptors (Lipinski definition) is 8. The molecule has 0 aliphatic heterocycles.